The molecule has 0 radical (unpaired) electrons. The molecule has 1 atom stereocenters. The van der Waals surface area contributed by atoms with E-state index in [-0.39, 0.29) is 10.6 Å². The minimum atomic E-state index is -3.98. The van der Waals surface area contributed by atoms with E-state index in [9.17, 15) is 18.5 Å². The Morgan fingerprint density at radius 2 is 2.20 bits per heavy atom. The zero-order chi connectivity index (χ0) is 18.2. The van der Waals surface area contributed by atoms with E-state index in [2.05, 4.69) is 5.10 Å². The molecule has 134 valence electrons. The van der Waals surface area contributed by atoms with Gasteiger partial charge in [0.1, 0.15) is 5.69 Å². The summed E-state index contributed by atoms with van der Waals surface area (Å²) in [5.41, 5.74) is 1.31. The number of nitrogens with zero attached hydrogens (tertiary/aromatic N) is 4. The van der Waals surface area contributed by atoms with E-state index in [0.29, 0.717) is 24.7 Å². The van der Waals surface area contributed by atoms with Gasteiger partial charge in [0.25, 0.3) is 5.69 Å². The Hall–Kier alpha value is -2.46. The topological polar surface area (TPSA) is 124 Å². The van der Waals surface area contributed by atoms with Crippen LogP contribution in [-0.4, -0.2) is 36.2 Å². The molecule has 2 aromatic rings. The van der Waals surface area contributed by atoms with Crippen LogP contribution in [0.5, 0.6) is 0 Å². The van der Waals surface area contributed by atoms with Crippen molar-refractivity contribution in [1.82, 2.24) is 9.78 Å². The Labute approximate surface area is 145 Å². The van der Waals surface area contributed by atoms with Gasteiger partial charge in [-0.3, -0.25) is 14.8 Å². The highest BCUT2D eigenvalue weighted by Crippen LogP contribution is 2.34. The molecule has 0 spiro atoms. The van der Waals surface area contributed by atoms with Crippen molar-refractivity contribution in [2.24, 2.45) is 18.1 Å². The molecule has 9 nitrogen and oxygen atoms in total. The summed E-state index contributed by atoms with van der Waals surface area (Å²) in [5.74, 6) is 0.363. The number of nitro groups is 1. The molecule has 0 amide bonds. The zero-order valence-electron chi connectivity index (χ0n) is 13.7. The molecule has 0 saturated carbocycles. The number of anilines is 1. The van der Waals surface area contributed by atoms with Crippen molar-refractivity contribution in [2.45, 2.75) is 17.7 Å². The van der Waals surface area contributed by atoms with Gasteiger partial charge in [-0.15, -0.1) is 0 Å². The van der Waals surface area contributed by atoms with E-state index in [1.54, 1.807) is 4.68 Å². The molecule has 2 N–H and O–H groups in total. The summed E-state index contributed by atoms with van der Waals surface area (Å²) in [6.45, 7) is 1.35. The molecule has 1 aliphatic rings. The van der Waals surface area contributed by atoms with Gasteiger partial charge in [0.2, 0.25) is 10.0 Å². The fourth-order valence-corrected chi connectivity index (χ4v) is 3.76. The second-order valence-electron chi connectivity index (χ2n) is 6.28. The molecule has 3 rings (SSSR count). The Bertz CT molecular complexity index is 908. The lowest BCUT2D eigenvalue weighted by Crippen LogP contribution is -2.22. The molecule has 2 heterocycles. The maximum atomic E-state index is 11.4. The van der Waals surface area contributed by atoms with Gasteiger partial charge in [-0.25, -0.2) is 13.6 Å². The lowest BCUT2D eigenvalue weighted by molar-refractivity contribution is -0.384. The molecule has 10 heteroatoms. The molecule has 1 saturated heterocycles. The number of primary sulfonamides is 1. The van der Waals surface area contributed by atoms with Crippen LogP contribution in [0.1, 0.15) is 12.0 Å². The van der Waals surface area contributed by atoms with Crippen molar-refractivity contribution in [2.75, 3.05) is 18.0 Å². The van der Waals surface area contributed by atoms with Crippen molar-refractivity contribution in [1.29, 1.82) is 0 Å². The number of aromatic nitrogens is 2. The van der Waals surface area contributed by atoms with Crippen molar-refractivity contribution in [3.8, 4) is 0 Å². The van der Waals surface area contributed by atoms with Crippen molar-refractivity contribution < 1.29 is 13.3 Å². The first-order valence-corrected chi connectivity index (χ1v) is 9.32. The molecule has 25 heavy (non-hydrogen) atoms. The summed E-state index contributed by atoms with van der Waals surface area (Å²) >= 11 is 0. The molecule has 1 aliphatic heterocycles. The van der Waals surface area contributed by atoms with Crippen LogP contribution in [-0.2, 0) is 23.5 Å². The van der Waals surface area contributed by atoms with E-state index in [4.69, 9.17) is 5.14 Å². The first-order valence-electron chi connectivity index (χ1n) is 7.78. The number of sulfonamides is 1. The van der Waals surface area contributed by atoms with Crippen LogP contribution in [0.15, 0.2) is 35.5 Å². The van der Waals surface area contributed by atoms with E-state index in [1.165, 1.54) is 12.1 Å². The normalized spacial score (nSPS) is 17.8. The number of hydrogen-bond acceptors (Lipinski definition) is 6. The molecule has 1 fully saturated rings. The van der Waals surface area contributed by atoms with E-state index >= 15 is 0 Å². The second-order valence-corrected chi connectivity index (χ2v) is 7.84. The average Bonchev–Trinajstić information content (AvgIpc) is 3.15. The monoisotopic (exact) mass is 365 g/mol. The third-order valence-corrected chi connectivity index (χ3v) is 5.29. The van der Waals surface area contributed by atoms with Gasteiger partial charge in [-0.05, 0) is 36.5 Å². The summed E-state index contributed by atoms with van der Waals surface area (Å²) in [5, 5.41) is 20.6. The van der Waals surface area contributed by atoms with E-state index < -0.39 is 14.9 Å². The van der Waals surface area contributed by atoms with E-state index in [0.717, 1.165) is 24.5 Å². The van der Waals surface area contributed by atoms with Gasteiger partial charge in [0.05, 0.1) is 16.0 Å². The average molecular weight is 365 g/mol. The van der Waals surface area contributed by atoms with Crippen LogP contribution in [0.2, 0.25) is 0 Å². The van der Waals surface area contributed by atoms with Crippen LogP contribution in [0.25, 0.3) is 0 Å². The lowest BCUT2D eigenvalue weighted by atomic mass is 10.0. The number of aryl methyl sites for hydroxylation is 1. The Balaban J connectivity index is 1.81. The summed E-state index contributed by atoms with van der Waals surface area (Å²) in [4.78, 5) is 12.5. The first kappa shape index (κ1) is 17.4. The van der Waals surface area contributed by atoms with Crippen molar-refractivity contribution >= 4 is 21.4 Å². The highest BCUT2D eigenvalue weighted by molar-refractivity contribution is 7.89. The molecular weight excluding hydrogens is 346 g/mol. The molecular formula is C15H19N5O4S. The van der Waals surface area contributed by atoms with Gasteiger partial charge in [-0.1, -0.05) is 0 Å². The maximum Gasteiger partial charge on any atom is 0.293 e. The van der Waals surface area contributed by atoms with Gasteiger partial charge < -0.3 is 4.90 Å². The van der Waals surface area contributed by atoms with Crippen molar-refractivity contribution in [3.05, 3.63) is 46.3 Å². The third kappa shape index (κ3) is 3.80. The van der Waals surface area contributed by atoms with Crippen LogP contribution in [0, 0.1) is 16.0 Å². The van der Waals surface area contributed by atoms with E-state index in [1.807, 2.05) is 24.3 Å². The number of benzene rings is 1. The summed E-state index contributed by atoms with van der Waals surface area (Å²) < 4.78 is 24.6. The van der Waals surface area contributed by atoms with Gasteiger partial charge in [0, 0.05) is 32.4 Å². The standard InChI is InChI=1S/C15H19N5O4S/c1-18-9-12(8-17-18)6-11-4-5-19(10-11)14-3-2-13(25(16,23)24)7-15(14)20(21)22/h2-3,7-9,11H,4-6,10H2,1H3,(H2,16,23,24). The number of rotatable bonds is 5. The number of nitro benzene ring substituents is 1. The number of nitrogens with two attached hydrogens (primary N) is 1. The third-order valence-electron chi connectivity index (χ3n) is 4.38. The highest BCUT2D eigenvalue weighted by Gasteiger charge is 2.29. The van der Waals surface area contributed by atoms with Gasteiger partial charge >= 0.3 is 0 Å². The predicted molar refractivity (Wildman–Crippen MR) is 91.7 cm³/mol. The fourth-order valence-electron chi connectivity index (χ4n) is 3.22. The molecule has 1 aromatic heterocycles. The van der Waals surface area contributed by atoms with Gasteiger partial charge in [0.15, 0.2) is 0 Å². The Morgan fingerprint density at radius 1 is 1.44 bits per heavy atom. The zero-order valence-corrected chi connectivity index (χ0v) is 14.5. The number of hydrogen-bond donors (Lipinski definition) is 1. The predicted octanol–water partition coefficient (Wildman–Crippen LogP) is 1.04. The molecule has 1 aromatic carbocycles. The first-order chi connectivity index (χ1) is 11.7. The Kier molecular flexibility index (Phi) is 4.48. The SMILES string of the molecule is Cn1cc(CC2CCN(c3ccc(S(N)(=O)=O)cc3[N+](=O)[O-])C2)cn1. The van der Waals surface area contributed by atoms with Crippen LogP contribution in [0.3, 0.4) is 0 Å². The van der Waals surface area contributed by atoms with Crippen LogP contribution < -0.4 is 10.0 Å². The quantitative estimate of drug-likeness (QED) is 0.623. The summed E-state index contributed by atoms with van der Waals surface area (Å²) in [7, 11) is -2.12. The lowest BCUT2D eigenvalue weighted by Gasteiger charge is -2.19. The van der Waals surface area contributed by atoms with Gasteiger partial charge in [-0.2, -0.15) is 5.10 Å². The van der Waals surface area contributed by atoms with Crippen LogP contribution >= 0.6 is 0 Å². The molecule has 0 bridgehead atoms. The summed E-state index contributed by atoms with van der Waals surface area (Å²) in [6, 6.07) is 3.80. The largest absolute Gasteiger partial charge is 0.366 e. The summed E-state index contributed by atoms with van der Waals surface area (Å²) in [6.07, 6.45) is 5.55. The van der Waals surface area contributed by atoms with Crippen LogP contribution in [0.4, 0.5) is 11.4 Å². The minimum absolute atomic E-state index is 0.242. The highest BCUT2D eigenvalue weighted by atomic mass is 32.2. The fraction of sp³-hybridized carbons (Fsp3) is 0.400. The molecule has 1 unspecified atom stereocenters. The maximum absolute atomic E-state index is 11.4. The van der Waals surface area contributed by atoms with Crippen molar-refractivity contribution in [3.63, 3.8) is 0 Å². The smallest absolute Gasteiger partial charge is 0.293 e. The minimum Gasteiger partial charge on any atom is -0.366 e. The second kappa shape index (κ2) is 6.45. The Morgan fingerprint density at radius 3 is 2.80 bits per heavy atom. The molecule has 0 aliphatic carbocycles.